The standard InChI is InChI=1S/C17H19N5O/c1-12-5-6-16-20-13(11-21(16)10-12)9-19-17(23)14-3-2-4-15-18-7-8-22(14)15/h5-8,10-11,14H,2-4,9H2,1H3,(H,19,23). The Hall–Kier alpha value is -2.63. The first-order valence-electron chi connectivity index (χ1n) is 7.94. The predicted octanol–water partition coefficient (Wildman–Crippen LogP) is 2.03. The molecule has 0 radical (unpaired) electrons. The third-order valence-corrected chi connectivity index (χ3v) is 4.36. The van der Waals surface area contributed by atoms with Crippen LogP contribution in [0.1, 0.15) is 36.0 Å². The summed E-state index contributed by atoms with van der Waals surface area (Å²) in [5.41, 5.74) is 2.94. The van der Waals surface area contributed by atoms with Crippen LogP contribution in [-0.2, 0) is 17.8 Å². The number of hydrogen-bond donors (Lipinski definition) is 1. The van der Waals surface area contributed by atoms with Gasteiger partial charge in [-0.15, -0.1) is 0 Å². The smallest absolute Gasteiger partial charge is 0.243 e. The second kappa shape index (κ2) is 5.53. The molecule has 4 rings (SSSR count). The van der Waals surface area contributed by atoms with Gasteiger partial charge < -0.3 is 14.3 Å². The van der Waals surface area contributed by atoms with E-state index in [1.54, 1.807) is 6.20 Å². The molecule has 1 unspecified atom stereocenters. The predicted molar refractivity (Wildman–Crippen MR) is 86.0 cm³/mol. The molecule has 1 amide bonds. The molecule has 1 aliphatic heterocycles. The SMILES string of the molecule is Cc1ccc2nc(CNC(=O)C3CCCc4nccn43)cn2c1. The number of nitrogens with one attached hydrogen (secondary N) is 1. The third kappa shape index (κ3) is 2.60. The van der Waals surface area contributed by atoms with Crippen molar-refractivity contribution < 1.29 is 4.79 Å². The van der Waals surface area contributed by atoms with Crippen molar-refractivity contribution in [1.29, 1.82) is 0 Å². The molecule has 23 heavy (non-hydrogen) atoms. The van der Waals surface area contributed by atoms with Crippen molar-refractivity contribution in [3.63, 3.8) is 0 Å². The monoisotopic (exact) mass is 309 g/mol. The van der Waals surface area contributed by atoms with Crippen LogP contribution in [0.2, 0.25) is 0 Å². The number of fused-ring (bicyclic) bond motifs is 2. The molecule has 1 N–H and O–H groups in total. The summed E-state index contributed by atoms with van der Waals surface area (Å²) in [6, 6.07) is 3.87. The molecule has 1 atom stereocenters. The minimum atomic E-state index is -0.152. The van der Waals surface area contributed by atoms with Gasteiger partial charge in [-0.3, -0.25) is 4.79 Å². The molecule has 3 aromatic rings. The van der Waals surface area contributed by atoms with E-state index in [2.05, 4.69) is 15.3 Å². The third-order valence-electron chi connectivity index (χ3n) is 4.36. The second-order valence-corrected chi connectivity index (χ2v) is 6.08. The molecule has 0 fully saturated rings. The molecule has 6 heteroatoms. The van der Waals surface area contributed by atoms with Gasteiger partial charge in [0.05, 0.1) is 12.2 Å². The summed E-state index contributed by atoms with van der Waals surface area (Å²) in [6.07, 6.45) is 10.5. The number of aromatic nitrogens is 4. The van der Waals surface area contributed by atoms with E-state index in [0.717, 1.165) is 36.4 Å². The molecule has 0 aromatic carbocycles. The van der Waals surface area contributed by atoms with Gasteiger partial charge in [0.25, 0.3) is 0 Å². The zero-order chi connectivity index (χ0) is 15.8. The van der Waals surface area contributed by atoms with Crippen LogP contribution in [0.15, 0.2) is 36.9 Å². The van der Waals surface area contributed by atoms with Gasteiger partial charge >= 0.3 is 0 Å². The van der Waals surface area contributed by atoms with Crippen molar-refractivity contribution in [2.75, 3.05) is 0 Å². The average molecular weight is 309 g/mol. The van der Waals surface area contributed by atoms with Gasteiger partial charge in [0.15, 0.2) is 0 Å². The Bertz CT molecular complexity index is 863. The average Bonchev–Trinajstić information content (AvgIpc) is 3.17. The summed E-state index contributed by atoms with van der Waals surface area (Å²) < 4.78 is 3.98. The largest absolute Gasteiger partial charge is 0.349 e. The highest BCUT2D eigenvalue weighted by molar-refractivity contribution is 5.80. The lowest BCUT2D eigenvalue weighted by molar-refractivity contribution is -0.125. The van der Waals surface area contributed by atoms with Crippen LogP contribution in [-0.4, -0.2) is 24.8 Å². The molecule has 0 spiro atoms. The quantitative estimate of drug-likeness (QED) is 0.805. The van der Waals surface area contributed by atoms with Crippen LogP contribution in [0.4, 0.5) is 0 Å². The Balaban J connectivity index is 1.47. The molecular formula is C17H19N5O. The highest BCUT2D eigenvalue weighted by atomic mass is 16.2. The fourth-order valence-corrected chi connectivity index (χ4v) is 3.21. The van der Waals surface area contributed by atoms with Gasteiger partial charge in [-0.25, -0.2) is 9.97 Å². The number of rotatable bonds is 3. The second-order valence-electron chi connectivity index (χ2n) is 6.08. The summed E-state index contributed by atoms with van der Waals surface area (Å²) in [5.74, 6) is 1.04. The highest BCUT2D eigenvalue weighted by Gasteiger charge is 2.25. The number of carbonyl (C=O) groups excluding carboxylic acids is 1. The van der Waals surface area contributed by atoms with E-state index in [-0.39, 0.29) is 11.9 Å². The number of carbonyl (C=O) groups is 1. The normalized spacial score (nSPS) is 17.2. The maximum absolute atomic E-state index is 12.5. The van der Waals surface area contributed by atoms with Crippen LogP contribution >= 0.6 is 0 Å². The molecule has 4 heterocycles. The van der Waals surface area contributed by atoms with Crippen molar-refractivity contribution in [1.82, 2.24) is 24.3 Å². The van der Waals surface area contributed by atoms with Gasteiger partial charge in [-0.05, 0) is 31.4 Å². The van der Waals surface area contributed by atoms with Crippen molar-refractivity contribution in [3.05, 3.63) is 54.0 Å². The van der Waals surface area contributed by atoms with Crippen molar-refractivity contribution in [2.45, 2.75) is 38.8 Å². The molecule has 0 aliphatic carbocycles. The Morgan fingerprint density at radius 3 is 3.22 bits per heavy atom. The number of nitrogens with zero attached hydrogens (tertiary/aromatic N) is 4. The van der Waals surface area contributed by atoms with Crippen LogP contribution < -0.4 is 5.32 Å². The van der Waals surface area contributed by atoms with E-state index >= 15 is 0 Å². The number of amides is 1. The first-order chi connectivity index (χ1) is 11.2. The maximum atomic E-state index is 12.5. The molecule has 6 nitrogen and oxygen atoms in total. The fourth-order valence-electron chi connectivity index (χ4n) is 3.21. The molecule has 3 aromatic heterocycles. The first kappa shape index (κ1) is 14.0. The van der Waals surface area contributed by atoms with Crippen LogP contribution in [0.3, 0.4) is 0 Å². The van der Waals surface area contributed by atoms with Crippen LogP contribution in [0, 0.1) is 6.92 Å². The van der Waals surface area contributed by atoms with Crippen molar-refractivity contribution in [3.8, 4) is 0 Å². The van der Waals surface area contributed by atoms with E-state index < -0.39 is 0 Å². The zero-order valence-electron chi connectivity index (χ0n) is 13.1. The van der Waals surface area contributed by atoms with E-state index in [0.29, 0.717) is 6.54 Å². The lowest BCUT2D eigenvalue weighted by atomic mass is 10.0. The number of hydrogen-bond acceptors (Lipinski definition) is 3. The Morgan fingerprint density at radius 2 is 2.30 bits per heavy atom. The molecular weight excluding hydrogens is 290 g/mol. The molecule has 0 bridgehead atoms. The van der Waals surface area contributed by atoms with E-state index in [1.807, 2.05) is 46.6 Å². The van der Waals surface area contributed by atoms with Crippen molar-refractivity contribution in [2.24, 2.45) is 0 Å². The van der Waals surface area contributed by atoms with Gasteiger partial charge in [0, 0.05) is 31.2 Å². The molecule has 0 saturated carbocycles. The highest BCUT2D eigenvalue weighted by Crippen LogP contribution is 2.23. The summed E-state index contributed by atoms with van der Waals surface area (Å²) in [5, 5.41) is 3.01. The number of pyridine rings is 1. The minimum absolute atomic E-state index is 0.0391. The van der Waals surface area contributed by atoms with E-state index in [4.69, 9.17) is 0 Å². The zero-order valence-corrected chi connectivity index (χ0v) is 13.1. The minimum Gasteiger partial charge on any atom is -0.349 e. The van der Waals surface area contributed by atoms with Gasteiger partial charge in [0.2, 0.25) is 5.91 Å². The van der Waals surface area contributed by atoms with E-state index in [9.17, 15) is 4.79 Å². The van der Waals surface area contributed by atoms with Crippen molar-refractivity contribution >= 4 is 11.6 Å². The molecule has 1 aliphatic rings. The lowest BCUT2D eigenvalue weighted by Crippen LogP contribution is -2.34. The van der Waals surface area contributed by atoms with Crippen LogP contribution in [0.5, 0.6) is 0 Å². The van der Waals surface area contributed by atoms with Gasteiger partial charge in [0.1, 0.15) is 17.5 Å². The maximum Gasteiger partial charge on any atom is 0.243 e. The van der Waals surface area contributed by atoms with Gasteiger partial charge in [-0.2, -0.15) is 0 Å². The summed E-state index contributed by atoms with van der Waals surface area (Å²) in [7, 11) is 0. The number of imidazole rings is 2. The molecule has 118 valence electrons. The Kier molecular flexibility index (Phi) is 3.37. The molecule has 0 saturated heterocycles. The topological polar surface area (TPSA) is 64.2 Å². The van der Waals surface area contributed by atoms with Crippen LogP contribution in [0.25, 0.3) is 5.65 Å². The summed E-state index contributed by atoms with van der Waals surface area (Å²) in [4.78, 5) is 21.4. The summed E-state index contributed by atoms with van der Waals surface area (Å²) in [6.45, 7) is 2.49. The first-order valence-corrected chi connectivity index (χ1v) is 7.94. The fraction of sp³-hybridized carbons (Fsp3) is 0.353. The van der Waals surface area contributed by atoms with E-state index in [1.165, 1.54) is 5.56 Å². The summed E-state index contributed by atoms with van der Waals surface area (Å²) >= 11 is 0. The Morgan fingerprint density at radius 1 is 1.39 bits per heavy atom. The van der Waals surface area contributed by atoms with Gasteiger partial charge in [-0.1, -0.05) is 6.07 Å². The number of aryl methyl sites for hydroxylation is 2. The Labute approximate surface area is 134 Å². The lowest BCUT2D eigenvalue weighted by Gasteiger charge is -2.24.